The summed E-state index contributed by atoms with van der Waals surface area (Å²) < 4.78 is 0. The highest BCUT2D eigenvalue weighted by molar-refractivity contribution is 5.85. The number of oxime groups is 1. The summed E-state index contributed by atoms with van der Waals surface area (Å²) in [5.41, 5.74) is 5.51. The molecule has 1 aliphatic heterocycles. The standard InChI is InChI=1S/C8H17N3O.ClH/c1-8(7(9)10-12)3-5-11(2)6-4-8;/h12H,3-6H2,1-2H3,(H2,9,10);1H. The van der Waals surface area contributed by atoms with Gasteiger partial charge in [0.15, 0.2) is 0 Å². The zero-order valence-electron chi connectivity index (χ0n) is 8.16. The quantitative estimate of drug-likeness (QED) is 0.291. The van der Waals surface area contributed by atoms with E-state index in [4.69, 9.17) is 10.9 Å². The molecule has 0 saturated carbocycles. The second-order valence-electron chi connectivity index (χ2n) is 3.85. The number of rotatable bonds is 1. The first kappa shape index (κ1) is 12.5. The molecule has 78 valence electrons. The Morgan fingerprint density at radius 3 is 2.31 bits per heavy atom. The van der Waals surface area contributed by atoms with Crippen LogP contribution in [0, 0.1) is 5.41 Å². The van der Waals surface area contributed by atoms with Crippen molar-refractivity contribution in [3.05, 3.63) is 0 Å². The highest BCUT2D eigenvalue weighted by Crippen LogP contribution is 2.30. The molecule has 1 rings (SSSR count). The molecule has 0 aromatic carbocycles. The Labute approximate surface area is 85.2 Å². The van der Waals surface area contributed by atoms with Crippen LogP contribution >= 0.6 is 12.4 Å². The number of piperidine rings is 1. The van der Waals surface area contributed by atoms with E-state index < -0.39 is 0 Å². The van der Waals surface area contributed by atoms with E-state index in [0.29, 0.717) is 5.84 Å². The zero-order chi connectivity index (χ0) is 9.19. The van der Waals surface area contributed by atoms with Crippen LogP contribution in [0.4, 0.5) is 0 Å². The van der Waals surface area contributed by atoms with Crippen LogP contribution in [0.25, 0.3) is 0 Å². The molecule has 1 saturated heterocycles. The van der Waals surface area contributed by atoms with Gasteiger partial charge in [0.05, 0.1) is 0 Å². The molecular formula is C8H18ClN3O. The van der Waals surface area contributed by atoms with Crippen molar-refractivity contribution in [1.82, 2.24) is 4.90 Å². The van der Waals surface area contributed by atoms with E-state index in [1.165, 1.54) is 0 Å². The normalized spacial score (nSPS) is 23.7. The van der Waals surface area contributed by atoms with Gasteiger partial charge in [0.1, 0.15) is 5.84 Å². The lowest BCUT2D eigenvalue weighted by Crippen LogP contribution is -2.44. The monoisotopic (exact) mass is 207 g/mol. The molecular weight excluding hydrogens is 190 g/mol. The summed E-state index contributed by atoms with van der Waals surface area (Å²) in [4.78, 5) is 2.26. The van der Waals surface area contributed by atoms with Crippen LogP contribution in [0.15, 0.2) is 5.16 Å². The predicted molar refractivity (Wildman–Crippen MR) is 55.5 cm³/mol. The molecule has 4 nitrogen and oxygen atoms in total. The second-order valence-corrected chi connectivity index (χ2v) is 3.85. The van der Waals surface area contributed by atoms with Gasteiger partial charge in [-0.3, -0.25) is 0 Å². The highest BCUT2D eigenvalue weighted by atomic mass is 35.5. The first-order valence-electron chi connectivity index (χ1n) is 4.25. The maximum atomic E-state index is 8.57. The van der Waals surface area contributed by atoms with Crippen LogP contribution in [-0.2, 0) is 0 Å². The summed E-state index contributed by atoms with van der Waals surface area (Å²) in [6, 6.07) is 0. The van der Waals surface area contributed by atoms with Crippen molar-refractivity contribution in [2.45, 2.75) is 19.8 Å². The topological polar surface area (TPSA) is 61.8 Å². The molecule has 0 unspecified atom stereocenters. The summed E-state index contributed by atoms with van der Waals surface area (Å²) >= 11 is 0. The molecule has 1 fully saturated rings. The summed E-state index contributed by atoms with van der Waals surface area (Å²) in [7, 11) is 2.09. The van der Waals surface area contributed by atoms with Crippen LogP contribution < -0.4 is 5.73 Å². The van der Waals surface area contributed by atoms with E-state index in [-0.39, 0.29) is 17.8 Å². The Balaban J connectivity index is 0.00000144. The molecule has 0 atom stereocenters. The Morgan fingerprint density at radius 2 is 1.92 bits per heavy atom. The molecule has 0 amide bonds. The van der Waals surface area contributed by atoms with Gasteiger partial charge < -0.3 is 15.8 Å². The fourth-order valence-corrected chi connectivity index (χ4v) is 1.49. The lowest BCUT2D eigenvalue weighted by atomic mass is 9.79. The predicted octanol–water partition coefficient (Wildman–Crippen LogP) is 0.886. The summed E-state index contributed by atoms with van der Waals surface area (Å²) in [6.45, 7) is 4.09. The van der Waals surface area contributed by atoms with E-state index >= 15 is 0 Å². The number of nitrogens with zero attached hydrogens (tertiary/aromatic N) is 2. The van der Waals surface area contributed by atoms with Crippen molar-refractivity contribution in [3.63, 3.8) is 0 Å². The van der Waals surface area contributed by atoms with Gasteiger partial charge in [0.2, 0.25) is 0 Å². The van der Waals surface area contributed by atoms with Crippen molar-refractivity contribution < 1.29 is 5.21 Å². The van der Waals surface area contributed by atoms with Gasteiger partial charge in [-0.1, -0.05) is 12.1 Å². The lowest BCUT2D eigenvalue weighted by Gasteiger charge is -2.36. The lowest BCUT2D eigenvalue weighted by molar-refractivity contribution is 0.187. The summed E-state index contributed by atoms with van der Waals surface area (Å²) in [5, 5.41) is 11.7. The van der Waals surface area contributed by atoms with Gasteiger partial charge in [0.25, 0.3) is 0 Å². The second kappa shape index (κ2) is 4.67. The van der Waals surface area contributed by atoms with Crippen molar-refractivity contribution >= 4 is 18.2 Å². The van der Waals surface area contributed by atoms with Gasteiger partial charge in [-0.05, 0) is 33.0 Å². The largest absolute Gasteiger partial charge is 0.409 e. The molecule has 0 radical (unpaired) electrons. The van der Waals surface area contributed by atoms with E-state index in [9.17, 15) is 0 Å². The number of hydrogen-bond donors (Lipinski definition) is 2. The average Bonchev–Trinajstić information content (AvgIpc) is 2.09. The first-order valence-corrected chi connectivity index (χ1v) is 4.25. The molecule has 13 heavy (non-hydrogen) atoms. The van der Waals surface area contributed by atoms with Crippen LogP contribution in [0.2, 0.25) is 0 Å². The minimum absolute atomic E-state index is 0. The van der Waals surface area contributed by atoms with Crippen molar-refractivity contribution in [2.24, 2.45) is 16.3 Å². The Kier molecular flexibility index (Phi) is 4.50. The molecule has 3 N–H and O–H groups in total. The van der Waals surface area contributed by atoms with E-state index in [0.717, 1.165) is 25.9 Å². The van der Waals surface area contributed by atoms with Crippen LogP contribution in [-0.4, -0.2) is 36.1 Å². The molecule has 0 aliphatic carbocycles. The summed E-state index contributed by atoms with van der Waals surface area (Å²) in [5.74, 6) is 0.371. The fraction of sp³-hybridized carbons (Fsp3) is 0.875. The van der Waals surface area contributed by atoms with Crippen LogP contribution in [0.3, 0.4) is 0 Å². The van der Waals surface area contributed by atoms with Gasteiger partial charge in [-0.2, -0.15) is 0 Å². The number of amidine groups is 1. The Bertz CT molecular complexity index is 188. The maximum Gasteiger partial charge on any atom is 0.145 e. The van der Waals surface area contributed by atoms with Gasteiger partial charge in [-0.25, -0.2) is 0 Å². The number of nitrogens with two attached hydrogens (primary N) is 1. The van der Waals surface area contributed by atoms with Crippen molar-refractivity contribution in [2.75, 3.05) is 20.1 Å². The third kappa shape index (κ3) is 2.74. The number of hydrogen-bond acceptors (Lipinski definition) is 3. The van der Waals surface area contributed by atoms with Gasteiger partial charge >= 0.3 is 0 Å². The average molecular weight is 208 g/mol. The Morgan fingerprint density at radius 1 is 1.46 bits per heavy atom. The molecule has 1 aliphatic rings. The first-order chi connectivity index (χ1) is 5.58. The third-order valence-electron chi connectivity index (χ3n) is 2.82. The number of halogens is 1. The minimum Gasteiger partial charge on any atom is -0.409 e. The third-order valence-corrected chi connectivity index (χ3v) is 2.82. The van der Waals surface area contributed by atoms with Crippen LogP contribution in [0.1, 0.15) is 19.8 Å². The SMILES string of the molecule is CN1CCC(C)(/C(N)=N/O)CC1.Cl. The highest BCUT2D eigenvalue weighted by Gasteiger charge is 2.32. The van der Waals surface area contributed by atoms with E-state index in [2.05, 4.69) is 24.0 Å². The zero-order valence-corrected chi connectivity index (χ0v) is 8.97. The Hall–Kier alpha value is -0.480. The molecule has 1 heterocycles. The minimum atomic E-state index is -0.0960. The number of likely N-dealkylation sites (tertiary alicyclic amines) is 1. The molecule has 0 aromatic heterocycles. The fourth-order valence-electron chi connectivity index (χ4n) is 1.49. The van der Waals surface area contributed by atoms with Crippen molar-refractivity contribution in [3.8, 4) is 0 Å². The van der Waals surface area contributed by atoms with Crippen molar-refractivity contribution in [1.29, 1.82) is 0 Å². The van der Waals surface area contributed by atoms with Crippen LogP contribution in [0.5, 0.6) is 0 Å². The van der Waals surface area contributed by atoms with Gasteiger partial charge in [-0.15, -0.1) is 12.4 Å². The molecule has 0 spiro atoms. The van der Waals surface area contributed by atoms with E-state index in [1.807, 2.05) is 0 Å². The molecule has 0 aromatic rings. The van der Waals surface area contributed by atoms with E-state index in [1.54, 1.807) is 0 Å². The maximum absolute atomic E-state index is 8.57. The molecule has 0 bridgehead atoms. The molecule has 5 heteroatoms. The van der Waals surface area contributed by atoms with Gasteiger partial charge in [0, 0.05) is 5.41 Å². The smallest absolute Gasteiger partial charge is 0.145 e. The summed E-state index contributed by atoms with van der Waals surface area (Å²) in [6.07, 6.45) is 1.94.